The summed E-state index contributed by atoms with van der Waals surface area (Å²) in [6.45, 7) is 15.7. The lowest BCUT2D eigenvalue weighted by Gasteiger charge is -2.41. The van der Waals surface area contributed by atoms with E-state index in [0.29, 0.717) is 19.4 Å². The Morgan fingerprint density at radius 2 is 1.79 bits per heavy atom. The highest BCUT2D eigenvalue weighted by atomic mass is 16.5. The average Bonchev–Trinajstić information content (AvgIpc) is 3.53. The van der Waals surface area contributed by atoms with E-state index in [-0.39, 0.29) is 42.8 Å². The van der Waals surface area contributed by atoms with E-state index in [2.05, 4.69) is 13.2 Å². The molecule has 0 aliphatic carbocycles. The topological polar surface area (TPSA) is 90.4 Å². The smallest absolute Gasteiger partial charge is 0.248 e. The second-order valence-electron chi connectivity index (χ2n) is 11.2. The molecule has 8 heteroatoms. The van der Waals surface area contributed by atoms with Gasteiger partial charge in [0.2, 0.25) is 17.7 Å². The molecule has 38 heavy (non-hydrogen) atoms. The Morgan fingerprint density at radius 1 is 1.13 bits per heavy atom. The molecule has 2 bridgehead atoms. The molecule has 0 radical (unpaired) electrons. The van der Waals surface area contributed by atoms with Crippen molar-refractivity contribution in [3.63, 3.8) is 0 Å². The SMILES string of the molecule is C=CCN(C(=O)[C@@H]1[C@H]2C(=O)N([C@@H](CO)C(C)C)C(C(=O)N(CC=C)C(C)C)C23CC[C@H]1O3)c1ccccc1. The fourth-order valence-electron chi connectivity index (χ4n) is 6.72. The number of hydrogen-bond donors (Lipinski definition) is 1. The van der Waals surface area contributed by atoms with Gasteiger partial charge in [0.05, 0.1) is 30.6 Å². The maximum atomic E-state index is 14.3. The molecule has 1 N–H and O–H groups in total. The number of amides is 3. The molecule has 0 aromatic heterocycles. The minimum absolute atomic E-state index is 0.102. The molecule has 1 aromatic rings. The number of aliphatic hydroxyl groups is 1. The quantitative estimate of drug-likeness (QED) is 0.451. The van der Waals surface area contributed by atoms with Crippen molar-refractivity contribution in [2.24, 2.45) is 17.8 Å². The van der Waals surface area contributed by atoms with Gasteiger partial charge in [0.15, 0.2) is 0 Å². The van der Waals surface area contributed by atoms with E-state index in [0.717, 1.165) is 5.69 Å². The second kappa shape index (κ2) is 11.0. The van der Waals surface area contributed by atoms with E-state index in [4.69, 9.17) is 4.74 Å². The number of carbonyl (C=O) groups is 3. The molecule has 206 valence electrons. The standard InChI is InChI=1S/C30H41N3O5/c1-7-16-31(20(5)6)29(37)26-30-15-14-23(38-30)24(25(30)28(36)33(26)22(18-34)19(3)4)27(35)32(17-8-2)21-12-10-9-11-13-21/h7-13,19-20,22-26,34H,1-2,14-18H2,3-6H3/t22-,23+,24-,25-,26?,30?/m0/s1. The summed E-state index contributed by atoms with van der Waals surface area (Å²) in [7, 11) is 0. The van der Waals surface area contributed by atoms with Crippen molar-refractivity contribution in [2.45, 2.75) is 70.4 Å². The van der Waals surface area contributed by atoms with Gasteiger partial charge < -0.3 is 24.5 Å². The van der Waals surface area contributed by atoms with Gasteiger partial charge in [0.1, 0.15) is 11.6 Å². The van der Waals surface area contributed by atoms with Crippen molar-refractivity contribution in [2.75, 3.05) is 24.6 Å². The van der Waals surface area contributed by atoms with E-state index in [9.17, 15) is 19.5 Å². The Kier molecular flexibility index (Phi) is 8.14. The van der Waals surface area contributed by atoms with Crippen LogP contribution in [0.2, 0.25) is 0 Å². The van der Waals surface area contributed by atoms with Crippen molar-refractivity contribution in [1.29, 1.82) is 0 Å². The van der Waals surface area contributed by atoms with Gasteiger partial charge in [-0.1, -0.05) is 44.2 Å². The van der Waals surface area contributed by atoms with Crippen LogP contribution in [-0.4, -0.2) is 82.2 Å². The Morgan fingerprint density at radius 3 is 2.34 bits per heavy atom. The Labute approximate surface area is 225 Å². The Balaban J connectivity index is 1.81. The first-order valence-electron chi connectivity index (χ1n) is 13.6. The highest BCUT2D eigenvalue weighted by molar-refractivity contribution is 6.03. The van der Waals surface area contributed by atoms with E-state index in [1.165, 1.54) is 0 Å². The van der Waals surface area contributed by atoms with Crippen molar-refractivity contribution >= 4 is 23.4 Å². The van der Waals surface area contributed by atoms with Crippen LogP contribution in [0.1, 0.15) is 40.5 Å². The number of benzene rings is 1. The maximum Gasteiger partial charge on any atom is 0.248 e. The van der Waals surface area contributed by atoms with Gasteiger partial charge in [-0.15, -0.1) is 13.2 Å². The van der Waals surface area contributed by atoms with Crippen LogP contribution in [0.4, 0.5) is 5.69 Å². The number of rotatable bonds is 11. The lowest BCUT2D eigenvalue weighted by Crippen LogP contribution is -2.60. The normalized spacial score (nSPS) is 28.5. The van der Waals surface area contributed by atoms with Crippen molar-refractivity contribution in [1.82, 2.24) is 9.80 Å². The van der Waals surface area contributed by atoms with Crippen molar-refractivity contribution in [3.8, 4) is 0 Å². The van der Waals surface area contributed by atoms with Crippen LogP contribution in [-0.2, 0) is 19.1 Å². The molecule has 2 unspecified atom stereocenters. The minimum Gasteiger partial charge on any atom is -0.394 e. The fourth-order valence-corrected chi connectivity index (χ4v) is 6.72. The van der Waals surface area contributed by atoms with Gasteiger partial charge in [-0.25, -0.2) is 0 Å². The molecule has 8 nitrogen and oxygen atoms in total. The van der Waals surface area contributed by atoms with Gasteiger partial charge in [0.25, 0.3) is 0 Å². The number of anilines is 1. The number of aliphatic hydroxyl groups excluding tert-OH is 1. The number of ether oxygens (including phenoxy) is 1. The lowest BCUT2D eigenvalue weighted by molar-refractivity contribution is -0.153. The van der Waals surface area contributed by atoms with Gasteiger partial charge >= 0.3 is 0 Å². The molecule has 3 aliphatic heterocycles. The first-order chi connectivity index (χ1) is 18.1. The van der Waals surface area contributed by atoms with Crippen molar-refractivity contribution in [3.05, 3.63) is 55.6 Å². The molecular weight excluding hydrogens is 482 g/mol. The van der Waals surface area contributed by atoms with Crippen LogP contribution in [0, 0.1) is 17.8 Å². The maximum absolute atomic E-state index is 14.3. The van der Waals surface area contributed by atoms with E-state index in [1.807, 2.05) is 58.0 Å². The fraction of sp³-hybridized carbons (Fsp3) is 0.567. The lowest BCUT2D eigenvalue weighted by atomic mass is 9.70. The number of nitrogens with zero attached hydrogens (tertiary/aromatic N) is 3. The number of fused-ring (bicyclic) bond motifs is 1. The minimum atomic E-state index is -1.12. The summed E-state index contributed by atoms with van der Waals surface area (Å²) < 4.78 is 6.61. The van der Waals surface area contributed by atoms with Crippen LogP contribution in [0.3, 0.4) is 0 Å². The first kappa shape index (κ1) is 28.0. The molecule has 0 saturated carbocycles. The van der Waals surface area contributed by atoms with Crippen LogP contribution < -0.4 is 4.90 Å². The van der Waals surface area contributed by atoms with Gasteiger partial charge in [-0.05, 0) is 44.7 Å². The molecular formula is C30H41N3O5. The number of hydrogen-bond acceptors (Lipinski definition) is 5. The molecule has 4 rings (SSSR count). The van der Waals surface area contributed by atoms with Crippen LogP contribution >= 0.6 is 0 Å². The van der Waals surface area contributed by atoms with Crippen LogP contribution in [0.25, 0.3) is 0 Å². The summed E-state index contributed by atoms with van der Waals surface area (Å²) >= 11 is 0. The molecule has 1 aromatic carbocycles. The van der Waals surface area contributed by atoms with E-state index in [1.54, 1.807) is 26.9 Å². The summed E-state index contributed by atoms with van der Waals surface area (Å²) in [5, 5.41) is 10.4. The first-order valence-corrected chi connectivity index (χ1v) is 13.6. The van der Waals surface area contributed by atoms with Gasteiger partial charge in [-0.3, -0.25) is 14.4 Å². The molecule has 3 heterocycles. The number of likely N-dealkylation sites (tertiary alicyclic amines) is 1. The summed E-state index contributed by atoms with van der Waals surface area (Å²) in [6.07, 6.45) is 3.98. The molecule has 1 spiro atoms. The average molecular weight is 524 g/mol. The third kappa shape index (κ3) is 4.37. The predicted octanol–water partition coefficient (Wildman–Crippen LogP) is 3.02. The van der Waals surface area contributed by atoms with E-state index < -0.39 is 35.6 Å². The highest BCUT2D eigenvalue weighted by Crippen LogP contribution is 2.59. The summed E-state index contributed by atoms with van der Waals surface area (Å²) in [5.41, 5.74) is -0.400. The Hall–Kier alpha value is -2.97. The Bertz CT molecular complexity index is 1070. The predicted molar refractivity (Wildman–Crippen MR) is 146 cm³/mol. The van der Waals surface area contributed by atoms with Crippen molar-refractivity contribution < 1.29 is 24.2 Å². The van der Waals surface area contributed by atoms with E-state index >= 15 is 0 Å². The summed E-state index contributed by atoms with van der Waals surface area (Å²) in [6, 6.07) is 7.70. The zero-order valence-electron chi connectivity index (χ0n) is 23.0. The van der Waals surface area contributed by atoms with Gasteiger partial charge in [-0.2, -0.15) is 0 Å². The molecule has 3 saturated heterocycles. The van der Waals surface area contributed by atoms with Crippen LogP contribution in [0.5, 0.6) is 0 Å². The largest absolute Gasteiger partial charge is 0.394 e. The zero-order valence-corrected chi connectivity index (χ0v) is 23.0. The molecule has 3 amide bonds. The summed E-state index contributed by atoms with van der Waals surface area (Å²) in [4.78, 5) is 47.7. The zero-order chi connectivity index (χ0) is 27.8. The number of para-hydroxylation sites is 1. The second-order valence-corrected chi connectivity index (χ2v) is 11.2. The molecule has 6 atom stereocenters. The third-order valence-electron chi connectivity index (χ3n) is 8.45. The van der Waals surface area contributed by atoms with Crippen LogP contribution in [0.15, 0.2) is 55.6 Å². The molecule has 3 aliphatic rings. The monoisotopic (exact) mass is 523 g/mol. The highest BCUT2D eigenvalue weighted by Gasteiger charge is 2.75. The van der Waals surface area contributed by atoms with Gasteiger partial charge in [0, 0.05) is 24.8 Å². The summed E-state index contributed by atoms with van der Waals surface area (Å²) in [5.74, 6) is -2.35. The molecule has 3 fully saturated rings. The third-order valence-corrected chi connectivity index (χ3v) is 8.45. The number of carbonyl (C=O) groups excluding carboxylic acids is 3.